The van der Waals surface area contributed by atoms with Gasteiger partial charge in [-0.25, -0.2) is 0 Å². The molecule has 0 saturated heterocycles. The monoisotopic (exact) mass is 360 g/mol. The lowest BCUT2D eigenvalue weighted by Gasteiger charge is -2.17. The van der Waals surface area contributed by atoms with E-state index in [1.165, 1.54) is 0 Å². The predicted molar refractivity (Wildman–Crippen MR) is 113 cm³/mol. The molecule has 0 spiro atoms. The standard InChI is InChI=1S/C18H24N4S2/c1-11(2)19-17(23)21-15-9-5-8-14-13(15)7-6-10-16(14)22-18(24)20-12(3)4/h5-12H,1-4H3,(H2,19,21,23)(H2,20,22,24). The molecule has 0 aliphatic rings. The van der Waals surface area contributed by atoms with Crippen molar-refractivity contribution in [1.82, 2.24) is 10.6 Å². The maximum atomic E-state index is 5.36. The number of rotatable bonds is 4. The van der Waals surface area contributed by atoms with E-state index in [2.05, 4.69) is 61.1 Å². The van der Waals surface area contributed by atoms with Gasteiger partial charge in [0.05, 0.1) is 0 Å². The highest BCUT2D eigenvalue weighted by Crippen LogP contribution is 2.29. The third-order valence-corrected chi connectivity index (χ3v) is 3.70. The van der Waals surface area contributed by atoms with Crippen LogP contribution in [-0.4, -0.2) is 22.3 Å². The maximum Gasteiger partial charge on any atom is 0.170 e. The largest absolute Gasteiger partial charge is 0.360 e. The van der Waals surface area contributed by atoms with Crippen molar-refractivity contribution < 1.29 is 0 Å². The van der Waals surface area contributed by atoms with E-state index < -0.39 is 0 Å². The number of hydrogen-bond acceptors (Lipinski definition) is 2. The molecule has 0 radical (unpaired) electrons. The molecule has 24 heavy (non-hydrogen) atoms. The Kier molecular flexibility index (Phi) is 6.34. The van der Waals surface area contributed by atoms with Crippen molar-refractivity contribution in [3.63, 3.8) is 0 Å². The summed E-state index contributed by atoms with van der Waals surface area (Å²) in [5.74, 6) is 0. The first kappa shape index (κ1) is 18.4. The summed E-state index contributed by atoms with van der Waals surface area (Å²) < 4.78 is 0. The Morgan fingerprint density at radius 3 is 1.42 bits per heavy atom. The van der Waals surface area contributed by atoms with Crippen LogP contribution in [0.15, 0.2) is 36.4 Å². The highest BCUT2D eigenvalue weighted by Gasteiger charge is 2.08. The molecule has 128 valence electrons. The Labute approximate surface area is 154 Å². The fraction of sp³-hybridized carbons (Fsp3) is 0.333. The molecule has 0 aliphatic carbocycles. The van der Waals surface area contributed by atoms with Crippen LogP contribution in [0.25, 0.3) is 10.8 Å². The Bertz CT molecular complexity index is 678. The summed E-state index contributed by atoms with van der Waals surface area (Å²) in [5, 5.41) is 16.4. The molecular formula is C18H24N4S2. The normalized spacial score (nSPS) is 10.8. The van der Waals surface area contributed by atoms with Crippen molar-refractivity contribution in [2.45, 2.75) is 39.8 Å². The third kappa shape index (κ3) is 5.04. The highest BCUT2D eigenvalue weighted by molar-refractivity contribution is 7.80. The van der Waals surface area contributed by atoms with Crippen molar-refractivity contribution in [2.24, 2.45) is 0 Å². The molecule has 0 unspecified atom stereocenters. The number of fused-ring (bicyclic) bond motifs is 1. The van der Waals surface area contributed by atoms with Gasteiger partial charge in [0.2, 0.25) is 0 Å². The van der Waals surface area contributed by atoms with Crippen molar-refractivity contribution in [3.8, 4) is 0 Å². The number of benzene rings is 2. The summed E-state index contributed by atoms with van der Waals surface area (Å²) in [4.78, 5) is 0. The van der Waals surface area contributed by atoms with Crippen LogP contribution in [0.5, 0.6) is 0 Å². The molecule has 2 aromatic carbocycles. The van der Waals surface area contributed by atoms with E-state index >= 15 is 0 Å². The van der Waals surface area contributed by atoms with E-state index in [0.717, 1.165) is 22.1 Å². The summed E-state index contributed by atoms with van der Waals surface area (Å²) >= 11 is 10.7. The minimum absolute atomic E-state index is 0.289. The molecule has 0 heterocycles. The Morgan fingerprint density at radius 2 is 1.08 bits per heavy atom. The summed E-state index contributed by atoms with van der Waals surface area (Å²) in [7, 11) is 0. The second-order valence-corrected chi connectivity index (χ2v) is 7.03. The van der Waals surface area contributed by atoms with E-state index in [1.54, 1.807) is 0 Å². The molecule has 0 saturated carbocycles. The molecule has 0 amide bonds. The van der Waals surface area contributed by atoms with Crippen molar-refractivity contribution in [2.75, 3.05) is 10.6 Å². The fourth-order valence-corrected chi connectivity index (χ4v) is 3.06. The second-order valence-electron chi connectivity index (χ2n) is 6.21. The predicted octanol–water partition coefficient (Wildman–Crippen LogP) is 4.23. The van der Waals surface area contributed by atoms with Crippen LogP contribution in [-0.2, 0) is 0 Å². The van der Waals surface area contributed by atoms with Gasteiger partial charge in [-0.15, -0.1) is 0 Å². The van der Waals surface area contributed by atoms with Crippen LogP contribution < -0.4 is 21.3 Å². The van der Waals surface area contributed by atoms with Gasteiger partial charge in [-0.2, -0.15) is 0 Å². The lowest BCUT2D eigenvalue weighted by Crippen LogP contribution is -2.34. The Hall–Kier alpha value is -1.92. The second kappa shape index (κ2) is 8.26. The average Bonchev–Trinajstić information content (AvgIpc) is 2.46. The van der Waals surface area contributed by atoms with E-state index in [-0.39, 0.29) is 12.1 Å². The number of hydrogen-bond donors (Lipinski definition) is 4. The lowest BCUT2D eigenvalue weighted by molar-refractivity contribution is 0.739. The molecule has 0 bridgehead atoms. The molecule has 6 heteroatoms. The van der Waals surface area contributed by atoms with Gasteiger partial charge in [0, 0.05) is 34.2 Å². The molecule has 2 aromatic rings. The Balaban J connectivity index is 2.29. The SMILES string of the molecule is CC(C)NC(=S)Nc1cccc2c(NC(=S)NC(C)C)cccc12. The summed E-state index contributed by atoms with van der Waals surface area (Å²) in [5.41, 5.74) is 1.94. The maximum absolute atomic E-state index is 5.36. The quantitative estimate of drug-likeness (QED) is 0.612. The summed E-state index contributed by atoms with van der Waals surface area (Å²) in [6.07, 6.45) is 0. The molecule has 0 aromatic heterocycles. The van der Waals surface area contributed by atoms with Crippen LogP contribution in [0, 0.1) is 0 Å². The molecule has 0 atom stereocenters. The van der Waals surface area contributed by atoms with Gasteiger partial charge < -0.3 is 21.3 Å². The smallest absolute Gasteiger partial charge is 0.170 e. The van der Waals surface area contributed by atoms with Gasteiger partial charge >= 0.3 is 0 Å². The zero-order valence-corrected chi connectivity index (χ0v) is 16.1. The average molecular weight is 361 g/mol. The first-order chi connectivity index (χ1) is 11.4. The van der Waals surface area contributed by atoms with Crippen molar-refractivity contribution in [3.05, 3.63) is 36.4 Å². The van der Waals surface area contributed by atoms with Crippen LogP contribution >= 0.6 is 24.4 Å². The number of nitrogens with one attached hydrogen (secondary N) is 4. The van der Waals surface area contributed by atoms with Crippen LogP contribution in [0.4, 0.5) is 11.4 Å². The molecule has 4 nitrogen and oxygen atoms in total. The van der Waals surface area contributed by atoms with Gasteiger partial charge in [0.25, 0.3) is 0 Å². The van der Waals surface area contributed by atoms with Crippen LogP contribution in [0.2, 0.25) is 0 Å². The van der Waals surface area contributed by atoms with Crippen LogP contribution in [0.3, 0.4) is 0 Å². The minimum atomic E-state index is 0.289. The van der Waals surface area contributed by atoms with Gasteiger partial charge in [-0.1, -0.05) is 24.3 Å². The van der Waals surface area contributed by atoms with Crippen molar-refractivity contribution >= 4 is 56.8 Å². The van der Waals surface area contributed by atoms with E-state index in [9.17, 15) is 0 Å². The number of anilines is 2. The van der Waals surface area contributed by atoms with Crippen LogP contribution in [0.1, 0.15) is 27.7 Å². The Morgan fingerprint density at radius 1 is 0.708 bits per heavy atom. The first-order valence-corrected chi connectivity index (χ1v) is 8.85. The topological polar surface area (TPSA) is 48.1 Å². The van der Waals surface area contributed by atoms with Crippen molar-refractivity contribution in [1.29, 1.82) is 0 Å². The fourth-order valence-electron chi connectivity index (χ4n) is 2.37. The van der Waals surface area contributed by atoms with Gasteiger partial charge in [-0.3, -0.25) is 0 Å². The molecule has 4 N–H and O–H groups in total. The lowest BCUT2D eigenvalue weighted by atomic mass is 10.1. The van der Waals surface area contributed by atoms with E-state index in [4.69, 9.17) is 24.4 Å². The van der Waals surface area contributed by atoms with E-state index in [0.29, 0.717) is 10.2 Å². The molecule has 0 fully saturated rings. The van der Waals surface area contributed by atoms with Gasteiger partial charge in [-0.05, 0) is 64.3 Å². The first-order valence-electron chi connectivity index (χ1n) is 8.03. The highest BCUT2D eigenvalue weighted by atomic mass is 32.1. The zero-order valence-electron chi connectivity index (χ0n) is 14.4. The van der Waals surface area contributed by atoms with Gasteiger partial charge in [0.15, 0.2) is 10.2 Å². The molecule has 0 aliphatic heterocycles. The molecular weight excluding hydrogens is 336 g/mol. The summed E-state index contributed by atoms with van der Waals surface area (Å²) in [6, 6.07) is 12.8. The zero-order chi connectivity index (χ0) is 17.7. The summed E-state index contributed by atoms with van der Waals surface area (Å²) in [6.45, 7) is 8.23. The molecule has 2 rings (SSSR count). The minimum Gasteiger partial charge on any atom is -0.360 e. The van der Waals surface area contributed by atoms with E-state index in [1.807, 2.05) is 24.3 Å². The van der Waals surface area contributed by atoms with Gasteiger partial charge in [0.1, 0.15) is 0 Å². The third-order valence-electron chi connectivity index (χ3n) is 3.26. The number of thiocarbonyl (C=S) groups is 2.